The summed E-state index contributed by atoms with van der Waals surface area (Å²) in [6.07, 6.45) is 1.79. The van der Waals surface area contributed by atoms with E-state index in [1.54, 1.807) is 6.20 Å². The molecule has 28 heavy (non-hydrogen) atoms. The average Bonchev–Trinajstić information content (AvgIpc) is 2.70. The van der Waals surface area contributed by atoms with Gasteiger partial charge in [-0.15, -0.1) is 0 Å². The van der Waals surface area contributed by atoms with Crippen LogP contribution in [0.2, 0.25) is 0 Å². The van der Waals surface area contributed by atoms with Gasteiger partial charge in [0.2, 0.25) is 11.9 Å². The highest BCUT2D eigenvalue weighted by molar-refractivity contribution is 5.92. The molecule has 1 N–H and O–H groups in total. The molecule has 0 aliphatic carbocycles. The van der Waals surface area contributed by atoms with Gasteiger partial charge in [0.25, 0.3) is 0 Å². The first kappa shape index (κ1) is 19.9. The molecule has 0 bridgehead atoms. The molecule has 1 fully saturated rings. The van der Waals surface area contributed by atoms with Crippen molar-refractivity contribution in [1.29, 1.82) is 0 Å². The van der Waals surface area contributed by atoms with Crippen LogP contribution in [0.15, 0.2) is 36.5 Å². The molecule has 2 aromatic rings. The Morgan fingerprint density at radius 3 is 2.50 bits per heavy atom. The normalized spacial score (nSPS) is 14.6. The molecule has 1 aromatic heterocycles. The molecule has 8 nitrogen and oxygen atoms in total. The van der Waals surface area contributed by atoms with E-state index in [0.717, 1.165) is 49.4 Å². The zero-order valence-corrected chi connectivity index (χ0v) is 16.8. The van der Waals surface area contributed by atoms with Crippen LogP contribution >= 0.6 is 0 Å². The Morgan fingerprint density at radius 1 is 1.14 bits per heavy atom. The molecule has 1 amide bonds. The first-order valence-corrected chi connectivity index (χ1v) is 9.55. The van der Waals surface area contributed by atoms with Crippen molar-refractivity contribution in [3.63, 3.8) is 0 Å². The van der Waals surface area contributed by atoms with Crippen LogP contribution in [0.3, 0.4) is 0 Å². The minimum atomic E-state index is -0.0107. The number of ether oxygens (including phenoxy) is 1. The van der Waals surface area contributed by atoms with Gasteiger partial charge in [-0.05, 0) is 37.3 Å². The zero-order chi connectivity index (χ0) is 19.9. The number of piperazine rings is 1. The van der Waals surface area contributed by atoms with Gasteiger partial charge in [-0.25, -0.2) is 4.98 Å². The predicted molar refractivity (Wildman–Crippen MR) is 111 cm³/mol. The van der Waals surface area contributed by atoms with Crippen LogP contribution in [0.1, 0.15) is 6.92 Å². The van der Waals surface area contributed by atoms with E-state index in [-0.39, 0.29) is 5.91 Å². The van der Waals surface area contributed by atoms with Crippen LogP contribution in [0.5, 0.6) is 5.75 Å². The number of carbonyl (C=O) groups is 1. The molecule has 0 radical (unpaired) electrons. The van der Waals surface area contributed by atoms with E-state index in [1.807, 2.05) is 56.3 Å². The Balaban J connectivity index is 1.47. The fourth-order valence-electron chi connectivity index (χ4n) is 3.05. The first-order chi connectivity index (χ1) is 13.5. The molecule has 2 heterocycles. The van der Waals surface area contributed by atoms with Crippen molar-refractivity contribution >= 4 is 23.4 Å². The second kappa shape index (κ2) is 9.36. The molecular weight excluding hydrogens is 356 g/mol. The molecule has 0 saturated carbocycles. The molecule has 0 unspecified atom stereocenters. The minimum Gasteiger partial charge on any atom is -0.494 e. The van der Waals surface area contributed by atoms with Gasteiger partial charge >= 0.3 is 0 Å². The first-order valence-electron chi connectivity index (χ1n) is 9.55. The highest BCUT2D eigenvalue weighted by Crippen LogP contribution is 2.17. The van der Waals surface area contributed by atoms with Gasteiger partial charge in [-0.3, -0.25) is 9.69 Å². The van der Waals surface area contributed by atoms with Crippen LogP contribution in [0.4, 0.5) is 17.5 Å². The lowest BCUT2D eigenvalue weighted by Crippen LogP contribution is -2.49. The van der Waals surface area contributed by atoms with Gasteiger partial charge in [0.1, 0.15) is 11.6 Å². The number of nitrogens with one attached hydrogen (secondary N) is 1. The third kappa shape index (κ3) is 5.32. The van der Waals surface area contributed by atoms with Crippen LogP contribution in [-0.4, -0.2) is 74.2 Å². The van der Waals surface area contributed by atoms with E-state index >= 15 is 0 Å². The van der Waals surface area contributed by atoms with E-state index < -0.39 is 0 Å². The largest absolute Gasteiger partial charge is 0.494 e. The number of amides is 1. The summed E-state index contributed by atoms with van der Waals surface area (Å²) >= 11 is 0. The summed E-state index contributed by atoms with van der Waals surface area (Å²) in [7, 11) is 3.93. The maximum atomic E-state index is 12.3. The van der Waals surface area contributed by atoms with Crippen molar-refractivity contribution in [3.8, 4) is 5.75 Å². The van der Waals surface area contributed by atoms with Crippen molar-refractivity contribution < 1.29 is 9.53 Å². The minimum absolute atomic E-state index is 0.0107. The summed E-state index contributed by atoms with van der Waals surface area (Å²) in [5, 5.41) is 2.94. The topological polar surface area (TPSA) is 73.8 Å². The number of anilines is 3. The van der Waals surface area contributed by atoms with E-state index in [9.17, 15) is 4.79 Å². The van der Waals surface area contributed by atoms with Gasteiger partial charge < -0.3 is 19.9 Å². The molecule has 150 valence electrons. The van der Waals surface area contributed by atoms with Crippen molar-refractivity contribution in [2.75, 3.05) is 68.5 Å². The Bertz CT molecular complexity index is 773. The Labute approximate surface area is 166 Å². The molecule has 1 aliphatic rings. The Hall–Kier alpha value is -2.87. The predicted octanol–water partition coefficient (Wildman–Crippen LogP) is 1.70. The lowest BCUT2D eigenvalue weighted by Gasteiger charge is -2.34. The number of hydrogen-bond donors (Lipinski definition) is 1. The lowest BCUT2D eigenvalue weighted by atomic mass is 10.3. The maximum absolute atomic E-state index is 12.3. The molecular formula is C20H28N6O2. The lowest BCUT2D eigenvalue weighted by molar-refractivity contribution is -0.117. The van der Waals surface area contributed by atoms with Gasteiger partial charge in [0, 0.05) is 52.2 Å². The van der Waals surface area contributed by atoms with Crippen LogP contribution in [0, 0.1) is 0 Å². The van der Waals surface area contributed by atoms with Gasteiger partial charge in [0.15, 0.2) is 0 Å². The molecule has 0 spiro atoms. The Morgan fingerprint density at radius 2 is 1.86 bits per heavy atom. The summed E-state index contributed by atoms with van der Waals surface area (Å²) < 4.78 is 5.42. The summed E-state index contributed by atoms with van der Waals surface area (Å²) in [5.74, 6) is 2.42. The number of nitrogens with zero attached hydrogens (tertiary/aromatic N) is 5. The average molecular weight is 384 g/mol. The molecule has 3 rings (SSSR count). The second-order valence-electron chi connectivity index (χ2n) is 6.88. The van der Waals surface area contributed by atoms with Gasteiger partial charge in [-0.1, -0.05) is 0 Å². The number of hydrogen-bond acceptors (Lipinski definition) is 7. The number of aromatic nitrogens is 2. The van der Waals surface area contributed by atoms with Gasteiger partial charge in [0.05, 0.1) is 13.2 Å². The molecule has 1 aromatic carbocycles. The second-order valence-corrected chi connectivity index (χ2v) is 6.88. The Kier molecular flexibility index (Phi) is 6.65. The SMILES string of the molecule is CCOc1ccc(NC(=O)CN2CCN(c3nccc(N(C)C)n3)CC2)cc1. The van der Waals surface area contributed by atoms with E-state index in [0.29, 0.717) is 13.2 Å². The van der Waals surface area contributed by atoms with Crippen molar-refractivity contribution in [3.05, 3.63) is 36.5 Å². The smallest absolute Gasteiger partial charge is 0.238 e. The highest BCUT2D eigenvalue weighted by atomic mass is 16.5. The molecule has 1 aliphatic heterocycles. The van der Waals surface area contributed by atoms with Crippen LogP contribution in [0.25, 0.3) is 0 Å². The van der Waals surface area contributed by atoms with E-state index in [4.69, 9.17) is 4.74 Å². The third-order valence-corrected chi connectivity index (χ3v) is 4.56. The van der Waals surface area contributed by atoms with E-state index in [2.05, 4.69) is 25.1 Å². The fourth-order valence-corrected chi connectivity index (χ4v) is 3.05. The molecule has 0 atom stereocenters. The van der Waals surface area contributed by atoms with Crippen molar-refractivity contribution in [2.45, 2.75) is 6.92 Å². The molecule has 8 heteroatoms. The van der Waals surface area contributed by atoms with Crippen molar-refractivity contribution in [2.24, 2.45) is 0 Å². The maximum Gasteiger partial charge on any atom is 0.238 e. The van der Waals surface area contributed by atoms with Crippen molar-refractivity contribution in [1.82, 2.24) is 14.9 Å². The summed E-state index contributed by atoms with van der Waals surface area (Å²) in [6, 6.07) is 9.33. The monoisotopic (exact) mass is 384 g/mol. The zero-order valence-electron chi connectivity index (χ0n) is 16.8. The standard InChI is InChI=1S/C20H28N6O2/c1-4-28-17-7-5-16(6-8-17)22-19(27)15-25-11-13-26(14-12-25)20-21-10-9-18(23-20)24(2)3/h5-10H,4,11-15H2,1-3H3,(H,22,27). The van der Waals surface area contributed by atoms with Crippen LogP contribution in [-0.2, 0) is 4.79 Å². The number of rotatable bonds is 7. The summed E-state index contributed by atoms with van der Waals surface area (Å²) in [6.45, 7) is 6.14. The summed E-state index contributed by atoms with van der Waals surface area (Å²) in [4.78, 5) is 27.6. The highest BCUT2D eigenvalue weighted by Gasteiger charge is 2.21. The van der Waals surface area contributed by atoms with Gasteiger partial charge in [-0.2, -0.15) is 4.98 Å². The number of carbonyl (C=O) groups excluding carboxylic acids is 1. The third-order valence-electron chi connectivity index (χ3n) is 4.56. The quantitative estimate of drug-likeness (QED) is 0.779. The summed E-state index contributed by atoms with van der Waals surface area (Å²) in [5.41, 5.74) is 0.779. The molecule has 1 saturated heterocycles. The number of benzene rings is 1. The van der Waals surface area contributed by atoms with Crippen LogP contribution < -0.4 is 19.9 Å². The fraction of sp³-hybridized carbons (Fsp3) is 0.450. The van der Waals surface area contributed by atoms with E-state index in [1.165, 1.54) is 0 Å².